The van der Waals surface area contributed by atoms with Crippen LogP contribution in [0.4, 0.5) is 22.0 Å². The van der Waals surface area contributed by atoms with Gasteiger partial charge in [0.05, 0.1) is 6.61 Å². The number of rotatable bonds is 5. The summed E-state index contributed by atoms with van der Waals surface area (Å²) in [6, 6.07) is 0. The van der Waals surface area contributed by atoms with Crippen molar-refractivity contribution in [1.82, 2.24) is 4.90 Å². The number of nitrogens with zero attached hydrogens (tertiary/aromatic N) is 1. The highest BCUT2D eigenvalue weighted by Crippen LogP contribution is 2.36. The van der Waals surface area contributed by atoms with Crippen molar-refractivity contribution >= 4 is 11.9 Å². The average Bonchev–Trinajstić information content (AvgIpc) is 2.23. The van der Waals surface area contributed by atoms with E-state index in [9.17, 15) is 31.5 Å². The number of likely N-dealkylation sites (N-methyl/N-ethyl adjacent to an activating group) is 1. The summed E-state index contributed by atoms with van der Waals surface area (Å²) in [6.07, 6.45) is -5.99. The Labute approximate surface area is 99.7 Å². The number of ether oxygens (including phenoxy) is 1. The third kappa shape index (κ3) is 3.81. The summed E-state index contributed by atoms with van der Waals surface area (Å²) in [7, 11) is 0. The molecule has 0 heterocycles. The summed E-state index contributed by atoms with van der Waals surface area (Å²) in [6.45, 7) is 1.11. The van der Waals surface area contributed by atoms with E-state index in [1.165, 1.54) is 13.8 Å². The second-order valence-electron chi connectivity index (χ2n) is 3.20. The number of carbonyl (C=O) groups is 2. The molecule has 0 bridgehead atoms. The summed E-state index contributed by atoms with van der Waals surface area (Å²) >= 11 is 0. The number of amides is 1. The molecule has 0 rings (SSSR count). The molecule has 4 nitrogen and oxygen atoms in total. The quantitative estimate of drug-likeness (QED) is 0.566. The minimum atomic E-state index is -5.99. The van der Waals surface area contributed by atoms with Crippen molar-refractivity contribution in [3.8, 4) is 0 Å². The van der Waals surface area contributed by atoms with Gasteiger partial charge in [-0.15, -0.1) is 0 Å². The van der Waals surface area contributed by atoms with E-state index < -0.39 is 37.1 Å². The predicted octanol–water partition coefficient (Wildman–Crippen LogP) is 1.60. The number of alkyl halides is 5. The van der Waals surface area contributed by atoms with Crippen molar-refractivity contribution in [1.29, 1.82) is 0 Å². The Kier molecular flexibility index (Phi) is 5.50. The van der Waals surface area contributed by atoms with Crippen LogP contribution in [0.3, 0.4) is 0 Å². The maximum absolute atomic E-state index is 12.7. The normalized spacial score (nSPS) is 12.2. The SMILES string of the molecule is CCOC(=O)CN(CC)C(=O)C(F)(F)C(F)(F)F. The molecule has 0 atom stereocenters. The maximum atomic E-state index is 12.7. The van der Waals surface area contributed by atoms with Crippen LogP contribution in [-0.4, -0.2) is 48.6 Å². The molecule has 106 valence electrons. The zero-order chi connectivity index (χ0) is 14.6. The van der Waals surface area contributed by atoms with Gasteiger partial charge in [-0.05, 0) is 13.8 Å². The Morgan fingerprint density at radius 2 is 1.61 bits per heavy atom. The molecule has 0 aromatic carbocycles. The highest BCUT2D eigenvalue weighted by Gasteiger charge is 2.64. The largest absolute Gasteiger partial charge is 0.465 e. The molecule has 0 saturated heterocycles. The van der Waals surface area contributed by atoms with Crippen LogP contribution in [-0.2, 0) is 14.3 Å². The summed E-state index contributed by atoms with van der Waals surface area (Å²) in [5, 5.41) is 0. The van der Waals surface area contributed by atoms with Crippen molar-refractivity contribution in [2.45, 2.75) is 25.9 Å². The molecule has 0 saturated carbocycles. The van der Waals surface area contributed by atoms with Crippen LogP contribution in [0.25, 0.3) is 0 Å². The van der Waals surface area contributed by atoms with Crippen LogP contribution in [0.15, 0.2) is 0 Å². The topological polar surface area (TPSA) is 46.6 Å². The molecule has 0 aromatic heterocycles. The van der Waals surface area contributed by atoms with Gasteiger partial charge in [-0.3, -0.25) is 9.59 Å². The smallest absolute Gasteiger partial charge is 0.463 e. The first-order valence-corrected chi connectivity index (χ1v) is 4.97. The summed E-state index contributed by atoms with van der Waals surface area (Å²) in [4.78, 5) is 22.1. The lowest BCUT2D eigenvalue weighted by Gasteiger charge is -2.26. The molecule has 0 spiro atoms. The van der Waals surface area contributed by atoms with Crippen molar-refractivity contribution in [2.24, 2.45) is 0 Å². The van der Waals surface area contributed by atoms with Gasteiger partial charge >= 0.3 is 24.0 Å². The van der Waals surface area contributed by atoms with Crippen LogP contribution in [0.2, 0.25) is 0 Å². The second kappa shape index (κ2) is 5.96. The molecule has 0 aliphatic rings. The van der Waals surface area contributed by atoms with Crippen LogP contribution in [0.1, 0.15) is 13.8 Å². The fourth-order valence-corrected chi connectivity index (χ4v) is 1.01. The van der Waals surface area contributed by atoms with E-state index in [2.05, 4.69) is 4.74 Å². The van der Waals surface area contributed by atoms with Gasteiger partial charge < -0.3 is 9.64 Å². The average molecular weight is 277 g/mol. The number of esters is 1. The number of carbonyl (C=O) groups excluding carboxylic acids is 2. The second-order valence-corrected chi connectivity index (χ2v) is 3.20. The van der Waals surface area contributed by atoms with E-state index in [4.69, 9.17) is 0 Å². The first-order chi connectivity index (χ1) is 8.07. The van der Waals surface area contributed by atoms with Crippen LogP contribution >= 0.6 is 0 Å². The molecule has 0 radical (unpaired) electrons. The fraction of sp³-hybridized carbons (Fsp3) is 0.778. The van der Waals surface area contributed by atoms with E-state index in [-0.39, 0.29) is 11.5 Å². The third-order valence-electron chi connectivity index (χ3n) is 1.92. The number of hydrogen-bond acceptors (Lipinski definition) is 3. The van der Waals surface area contributed by atoms with Gasteiger partial charge in [0.25, 0.3) is 0 Å². The first-order valence-electron chi connectivity index (χ1n) is 4.97. The highest BCUT2D eigenvalue weighted by molar-refractivity contribution is 5.87. The van der Waals surface area contributed by atoms with Crippen LogP contribution < -0.4 is 0 Å². The Balaban J connectivity index is 4.87. The van der Waals surface area contributed by atoms with Crippen molar-refractivity contribution in [2.75, 3.05) is 19.7 Å². The van der Waals surface area contributed by atoms with E-state index in [1.54, 1.807) is 0 Å². The Hall–Kier alpha value is -1.41. The molecular weight excluding hydrogens is 265 g/mol. The molecule has 0 aliphatic heterocycles. The van der Waals surface area contributed by atoms with Gasteiger partial charge in [0, 0.05) is 6.54 Å². The summed E-state index contributed by atoms with van der Waals surface area (Å²) in [5.74, 6) is -9.04. The van der Waals surface area contributed by atoms with E-state index >= 15 is 0 Å². The monoisotopic (exact) mass is 277 g/mol. The highest BCUT2D eigenvalue weighted by atomic mass is 19.4. The number of hydrogen-bond donors (Lipinski definition) is 0. The van der Waals surface area contributed by atoms with Crippen LogP contribution in [0.5, 0.6) is 0 Å². The van der Waals surface area contributed by atoms with E-state index in [0.717, 1.165) is 0 Å². The molecule has 18 heavy (non-hydrogen) atoms. The van der Waals surface area contributed by atoms with Gasteiger partial charge in [-0.2, -0.15) is 22.0 Å². The van der Waals surface area contributed by atoms with Crippen LogP contribution in [0, 0.1) is 0 Å². The lowest BCUT2D eigenvalue weighted by Crippen LogP contribution is -2.53. The van der Waals surface area contributed by atoms with Gasteiger partial charge in [-0.25, -0.2) is 0 Å². The van der Waals surface area contributed by atoms with Gasteiger partial charge in [0.15, 0.2) is 0 Å². The standard InChI is InChI=1S/C9H12F5NO3/c1-3-15(5-6(16)18-4-2)7(17)8(10,11)9(12,13)14/h3-5H2,1-2H3. The molecule has 1 amide bonds. The fourth-order valence-electron chi connectivity index (χ4n) is 1.01. The van der Waals surface area contributed by atoms with Gasteiger partial charge in [0.1, 0.15) is 6.54 Å². The zero-order valence-corrected chi connectivity index (χ0v) is 9.68. The molecule has 0 fully saturated rings. The maximum Gasteiger partial charge on any atom is 0.463 e. The molecular formula is C9H12F5NO3. The molecule has 9 heteroatoms. The van der Waals surface area contributed by atoms with E-state index in [1.807, 2.05) is 0 Å². The first kappa shape index (κ1) is 16.6. The summed E-state index contributed by atoms with van der Waals surface area (Å²) < 4.78 is 65.7. The Bertz CT molecular complexity index is 316. The lowest BCUT2D eigenvalue weighted by atomic mass is 10.2. The van der Waals surface area contributed by atoms with Gasteiger partial charge in [0.2, 0.25) is 0 Å². The van der Waals surface area contributed by atoms with Crippen molar-refractivity contribution in [3.63, 3.8) is 0 Å². The molecule has 0 aromatic rings. The Morgan fingerprint density at radius 3 is 1.94 bits per heavy atom. The van der Waals surface area contributed by atoms with Crippen molar-refractivity contribution in [3.05, 3.63) is 0 Å². The number of halogens is 5. The minimum Gasteiger partial charge on any atom is -0.465 e. The van der Waals surface area contributed by atoms with Crippen molar-refractivity contribution < 1.29 is 36.3 Å². The molecule has 0 aliphatic carbocycles. The zero-order valence-electron chi connectivity index (χ0n) is 9.68. The lowest BCUT2D eigenvalue weighted by molar-refractivity contribution is -0.274. The molecule has 0 N–H and O–H groups in total. The minimum absolute atomic E-state index is 0.0692. The Morgan fingerprint density at radius 1 is 1.11 bits per heavy atom. The molecule has 0 unspecified atom stereocenters. The third-order valence-corrected chi connectivity index (χ3v) is 1.92. The van der Waals surface area contributed by atoms with E-state index in [0.29, 0.717) is 0 Å². The predicted molar refractivity (Wildman–Crippen MR) is 49.9 cm³/mol. The van der Waals surface area contributed by atoms with Gasteiger partial charge in [-0.1, -0.05) is 0 Å². The summed E-state index contributed by atoms with van der Waals surface area (Å²) in [5.41, 5.74) is 0.